The summed E-state index contributed by atoms with van der Waals surface area (Å²) >= 11 is 0. The number of aliphatic carboxylic acids is 1. The van der Waals surface area contributed by atoms with E-state index in [0.29, 0.717) is 17.0 Å². The van der Waals surface area contributed by atoms with Gasteiger partial charge in [0.25, 0.3) is 0 Å². The molecule has 0 radical (unpaired) electrons. The summed E-state index contributed by atoms with van der Waals surface area (Å²) in [4.78, 5) is 10.5. The van der Waals surface area contributed by atoms with Crippen LogP contribution in [0.25, 0.3) is 11.5 Å². The standard InChI is InChI=1S/C9H8N2O3/c12-8(13)5-6-2-4-14-9(6)7-1-3-10-11-7/h1-4H,5H2,(H,10,11)(H,12,13). The van der Waals surface area contributed by atoms with Gasteiger partial charge in [-0.1, -0.05) is 0 Å². The zero-order valence-corrected chi connectivity index (χ0v) is 7.23. The normalized spacial score (nSPS) is 10.3. The molecule has 2 rings (SSSR count). The summed E-state index contributed by atoms with van der Waals surface area (Å²) in [6, 6.07) is 3.37. The molecule has 5 heteroatoms. The van der Waals surface area contributed by atoms with Gasteiger partial charge in [-0.15, -0.1) is 0 Å². The van der Waals surface area contributed by atoms with Crippen LogP contribution in [-0.2, 0) is 11.2 Å². The molecule has 0 saturated carbocycles. The molecule has 2 aromatic heterocycles. The molecule has 2 N–H and O–H groups in total. The van der Waals surface area contributed by atoms with Gasteiger partial charge >= 0.3 is 5.97 Å². The van der Waals surface area contributed by atoms with E-state index in [-0.39, 0.29) is 6.42 Å². The molecule has 0 amide bonds. The Kier molecular flexibility index (Phi) is 2.06. The Morgan fingerprint density at radius 3 is 3.07 bits per heavy atom. The van der Waals surface area contributed by atoms with E-state index in [2.05, 4.69) is 10.2 Å². The maximum absolute atomic E-state index is 10.5. The second-order valence-electron chi connectivity index (χ2n) is 2.82. The smallest absolute Gasteiger partial charge is 0.307 e. The van der Waals surface area contributed by atoms with Crippen molar-refractivity contribution in [3.8, 4) is 11.5 Å². The molecule has 0 bridgehead atoms. The van der Waals surface area contributed by atoms with Crippen LogP contribution >= 0.6 is 0 Å². The minimum absolute atomic E-state index is 0.0507. The number of carbonyl (C=O) groups is 1. The summed E-state index contributed by atoms with van der Waals surface area (Å²) < 4.78 is 5.18. The Bertz CT molecular complexity index is 431. The van der Waals surface area contributed by atoms with Crippen LogP contribution in [0.1, 0.15) is 5.56 Å². The molecule has 2 heterocycles. The van der Waals surface area contributed by atoms with Crippen LogP contribution in [-0.4, -0.2) is 21.3 Å². The molecule has 0 aromatic carbocycles. The van der Waals surface area contributed by atoms with E-state index in [1.807, 2.05) is 0 Å². The average molecular weight is 192 g/mol. The van der Waals surface area contributed by atoms with E-state index < -0.39 is 5.97 Å². The Labute approximate surface area is 79.4 Å². The fraction of sp³-hybridized carbons (Fsp3) is 0.111. The second-order valence-corrected chi connectivity index (χ2v) is 2.82. The van der Waals surface area contributed by atoms with Crippen LogP contribution < -0.4 is 0 Å². The van der Waals surface area contributed by atoms with E-state index in [9.17, 15) is 4.79 Å². The quantitative estimate of drug-likeness (QED) is 0.768. The number of H-pyrrole nitrogens is 1. The van der Waals surface area contributed by atoms with Gasteiger partial charge in [-0.05, 0) is 12.1 Å². The molecule has 2 aromatic rings. The van der Waals surface area contributed by atoms with Crippen LogP contribution in [0.3, 0.4) is 0 Å². The first kappa shape index (κ1) is 8.55. The van der Waals surface area contributed by atoms with Crippen LogP contribution in [0.2, 0.25) is 0 Å². The maximum atomic E-state index is 10.5. The number of hydrogen-bond acceptors (Lipinski definition) is 3. The minimum atomic E-state index is -0.882. The average Bonchev–Trinajstić information content (AvgIpc) is 2.70. The molecule has 14 heavy (non-hydrogen) atoms. The van der Waals surface area contributed by atoms with Gasteiger partial charge in [-0.25, -0.2) is 0 Å². The van der Waals surface area contributed by atoms with Gasteiger partial charge in [0, 0.05) is 11.8 Å². The van der Waals surface area contributed by atoms with Crippen molar-refractivity contribution in [2.24, 2.45) is 0 Å². The number of carboxylic acid groups (broad SMARTS) is 1. The lowest BCUT2D eigenvalue weighted by atomic mass is 10.1. The first-order valence-corrected chi connectivity index (χ1v) is 4.05. The highest BCUT2D eigenvalue weighted by Gasteiger charge is 2.12. The zero-order valence-electron chi connectivity index (χ0n) is 7.23. The zero-order chi connectivity index (χ0) is 9.97. The van der Waals surface area contributed by atoms with Crippen molar-refractivity contribution in [2.45, 2.75) is 6.42 Å². The van der Waals surface area contributed by atoms with E-state index >= 15 is 0 Å². The molecule has 0 aliphatic carbocycles. The topological polar surface area (TPSA) is 79.1 Å². The Morgan fingerprint density at radius 1 is 1.57 bits per heavy atom. The first-order chi connectivity index (χ1) is 6.77. The predicted octanol–water partition coefficient (Wildman–Crippen LogP) is 1.30. The number of rotatable bonds is 3. The van der Waals surface area contributed by atoms with Gasteiger partial charge < -0.3 is 9.52 Å². The van der Waals surface area contributed by atoms with Crippen molar-refractivity contribution >= 4 is 5.97 Å². The van der Waals surface area contributed by atoms with Gasteiger partial charge in [0.15, 0.2) is 5.76 Å². The lowest BCUT2D eigenvalue weighted by Crippen LogP contribution is -1.99. The minimum Gasteiger partial charge on any atom is -0.481 e. The fourth-order valence-electron chi connectivity index (χ4n) is 1.26. The third-order valence-corrected chi connectivity index (χ3v) is 1.83. The highest BCUT2D eigenvalue weighted by Crippen LogP contribution is 2.22. The summed E-state index contributed by atoms with van der Waals surface area (Å²) in [6.45, 7) is 0. The molecule has 5 nitrogen and oxygen atoms in total. The molecule has 0 aliphatic heterocycles. The molecule has 0 fully saturated rings. The number of furan rings is 1. The molecule has 0 spiro atoms. The van der Waals surface area contributed by atoms with Crippen LogP contribution in [0, 0.1) is 0 Å². The lowest BCUT2D eigenvalue weighted by Gasteiger charge is -1.95. The van der Waals surface area contributed by atoms with Gasteiger partial charge in [-0.2, -0.15) is 5.10 Å². The SMILES string of the molecule is O=C(O)Cc1ccoc1-c1ccn[nH]1. The Morgan fingerprint density at radius 2 is 2.43 bits per heavy atom. The molecule has 0 aliphatic rings. The third-order valence-electron chi connectivity index (χ3n) is 1.83. The molecule has 72 valence electrons. The number of aromatic nitrogens is 2. The number of nitrogens with one attached hydrogen (secondary N) is 1. The van der Waals surface area contributed by atoms with Gasteiger partial charge in [-0.3, -0.25) is 9.89 Å². The van der Waals surface area contributed by atoms with E-state index in [1.54, 1.807) is 18.3 Å². The van der Waals surface area contributed by atoms with Crippen molar-refractivity contribution in [2.75, 3.05) is 0 Å². The fourth-order valence-corrected chi connectivity index (χ4v) is 1.26. The molecule has 0 unspecified atom stereocenters. The summed E-state index contributed by atoms with van der Waals surface area (Å²) in [5, 5.41) is 15.1. The van der Waals surface area contributed by atoms with Crippen LogP contribution in [0.5, 0.6) is 0 Å². The predicted molar refractivity (Wildman–Crippen MR) is 47.6 cm³/mol. The molecule has 0 saturated heterocycles. The monoisotopic (exact) mass is 192 g/mol. The molecule has 0 atom stereocenters. The van der Waals surface area contributed by atoms with E-state index in [0.717, 1.165) is 0 Å². The summed E-state index contributed by atoms with van der Waals surface area (Å²) in [7, 11) is 0. The number of nitrogens with zero attached hydrogens (tertiary/aromatic N) is 1. The van der Waals surface area contributed by atoms with E-state index in [1.165, 1.54) is 6.26 Å². The highest BCUT2D eigenvalue weighted by molar-refractivity contribution is 5.73. The second kappa shape index (κ2) is 3.37. The highest BCUT2D eigenvalue weighted by atomic mass is 16.4. The summed E-state index contributed by atoms with van der Waals surface area (Å²) in [5.74, 6) is -0.350. The van der Waals surface area contributed by atoms with Crippen molar-refractivity contribution in [1.29, 1.82) is 0 Å². The molecular weight excluding hydrogens is 184 g/mol. The first-order valence-electron chi connectivity index (χ1n) is 4.05. The van der Waals surface area contributed by atoms with Crippen molar-refractivity contribution in [1.82, 2.24) is 10.2 Å². The number of hydrogen-bond donors (Lipinski definition) is 2. The van der Waals surface area contributed by atoms with Gasteiger partial charge in [0.1, 0.15) is 5.69 Å². The van der Waals surface area contributed by atoms with Crippen molar-refractivity contribution in [3.05, 3.63) is 30.2 Å². The van der Waals surface area contributed by atoms with Gasteiger partial charge in [0.05, 0.1) is 12.7 Å². The number of aromatic amines is 1. The largest absolute Gasteiger partial charge is 0.481 e. The third kappa shape index (κ3) is 1.52. The van der Waals surface area contributed by atoms with Crippen molar-refractivity contribution < 1.29 is 14.3 Å². The Hall–Kier alpha value is -2.04. The van der Waals surface area contributed by atoms with Gasteiger partial charge in [0.2, 0.25) is 0 Å². The lowest BCUT2D eigenvalue weighted by molar-refractivity contribution is -0.136. The van der Waals surface area contributed by atoms with Crippen molar-refractivity contribution in [3.63, 3.8) is 0 Å². The number of carboxylic acids is 1. The molecular formula is C9H8N2O3. The van der Waals surface area contributed by atoms with Crippen LogP contribution in [0.4, 0.5) is 0 Å². The van der Waals surface area contributed by atoms with E-state index in [4.69, 9.17) is 9.52 Å². The Balaban J connectivity index is 2.35. The summed E-state index contributed by atoms with van der Waals surface area (Å²) in [6.07, 6.45) is 3.00. The summed E-state index contributed by atoms with van der Waals surface area (Å²) in [5.41, 5.74) is 1.33. The van der Waals surface area contributed by atoms with Crippen LogP contribution in [0.15, 0.2) is 29.0 Å². The maximum Gasteiger partial charge on any atom is 0.307 e.